The van der Waals surface area contributed by atoms with E-state index in [2.05, 4.69) is 10.6 Å². The smallest absolute Gasteiger partial charge is 0.292 e. The quantitative estimate of drug-likeness (QED) is 0.566. The Morgan fingerprint density at radius 1 is 1.19 bits per heavy atom. The maximum Gasteiger partial charge on any atom is 0.292 e. The number of aromatic nitrogens is 1. The fourth-order valence-corrected chi connectivity index (χ4v) is 4.24. The van der Waals surface area contributed by atoms with E-state index in [1.165, 1.54) is 12.1 Å². The molecule has 0 aliphatic heterocycles. The van der Waals surface area contributed by atoms with Crippen molar-refractivity contribution in [3.05, 3.63) is 52.1 Å². The first-order valence-corrected chi connectivity index (χ1v) is 10.1. The molecule has 1 heterocycles. The predicted molar refractivity (Wildman–Crippen MR) is 113 cm³/mol. The fourth-order valence-electron chi connectivity index (χ4n) is 4.24. The summed E-state index contributed by atoms with van der Waals surface area (Å²) >= 11 is 0. The Balaban J connectivity index is 1.87. The summed E-state index contributed by atoms with van der Waals surface area (Å²) < 4.78 is 15.1. The molecule has 2 N–H and O–H groups in total. The van der Waals surface area contributed by atoms with Gasteiger partial charge in [0, 0.05) is 24.0 Å². The number of carbonyl (C=O) groups is 3. The number of nitrogens with zero attached hydrogens (tertiary/aromatic N) is 2. The monoisotopic (exact) mass is 424 g/mol. The highest BCUT2D eigenvalue weighted by Gasteiger charge is 2.34. The zero-order valence-electron chi connectivity index (χ0n) is 18.1. The molecule has 0 atom stereocenters. The van der Waals surface area contributed by atoms with Gasteiger partial charge in [-0.05, 0) is 57.4 Å². The van der Waals surface area contributed by atoms with Crippen LogP contribution in [0, 0.1) is 31.0 Å². The minimum absolute atomic E-state index is 0.189. The van der Waals surface area contributed by atoms with Crippen LogP contribution in [-0.4, -0.2) is 27.7 Å². The molecule has 1 aromatic heterocycles. The summed E-state index contributed by atoms with van der Waals surface area (Å²) in [6, 6.07) is 5.41. The number of Topliss-reactive ketones (excluding diaryl/α,β-unsaturated/α-hetero) is 1. The number of benzene rings is 1. The van der Waals surface area contributed by atoms with Crippen molar-refractivity contribution >= 4 is 23.3 Å². The van der Waals surface area contributed by atoms with E-state index < -0.39 is 23.4 Å². The van der Waals surface area contributed by atoms with E-state index in [0.29, 0.717) is 11.3 Å². The van der Waals surface area contributed by atoms with Crippen LogP contribution < -0.4 is 10.6 Å². The van der Waals surface area contributed by atoms with E-state index in [4.69, 9.17) is 5.26 Å². The van der Waals surface area contributed by atoms with Gasteiger partial charge in [-0.25, -0.2) is 4.39 Å². The molecule has 1 saturated carbocycles. The highest BCUT2D eigenvalue weighted by molar-refractivity contribution is 6.43. The number of hydrogen-bond acceptors (Lipinski definition) is 4. The molecule has 0 unspecified atom stereocenters. The normalized spacial score (nSPS) is 14.7. The van der Waals surface area contributed by atoms with Crippen LogP contribution in [0.3, 0.4) is 0 Å². The summed E-state index contributed by atoms with van der Waals surface area (Å²) in [5, 5.41) is 14.5. The molecule has 0 radical (unpaired) electrons. The van der Waals surface area contributed by atoms with Crippen LogP contribution >= 0.6 is 0 Å². The Bertz CT molecular complexity index is 1120. The average molecular weight is 424 g/mol. The van der Waals surface area contributed by atoms with Crippen LogP contribution in [0.1, 0.15) is 70.3 Å². The summed E-state index contributed by atoms with van der Waals surface area (Å²) in [7, 11) is 1.63. The number of hydrogen-bond donors (Lipinski definition) is 2. The molecule has 1 aliphatic carbocycles. The summed E-state index contributed by atoms with van der Waals surface area (Å²) in [5.74, 6) is -2.56. The molecule has 162 valence electrons. The Hall–Kier alpha value is -3.47. The van der Waals surface area contributed by atoms with Crippen molar-refractivity contribution in [3.63, 3.8) is 0 Å². The minimum atomic E-state index is -0.679. The molecule has 0 spiro atoms. The first kappa shape index (κ1) is 22.2. The Morgan fingerprint density at radius 3 is 2.45 bits per heavy atom. The third kappa shape index (κ3) is 4.22. The number of ketones is 1. The van der Waals surface area contributed by atoms with Crippen LogP contribution in [0.25, 0.3) is 0 Å². The molecule has 1 aliphatic rings. The van der Waals surface area contributed by atoms with Gasteiger partial charge in [-0.2, -0.15) is 5.26 Å². The van der Waals surface area contributed by atoms with Crippen molar-refractivity contribution < 1.29 is 18.8 Å². The van der Waals surface area contributed by atoms with Crippen molar-refractivity contribution in [2.75, 3.05) is 5.32 Å². The number of nitrogens with one attached hydrogen (secondary N) is 2. The first-order chi connectivity index (χ1) is 14.6. The highest BCUT2D eigenvalue weighted by atomic mass is 19.1. The number of halogens is 1. The van der Waals surface area contributed by atoms with Gasteiger partial charge >= 0.3 is 0 Å². The van der Waals surface area contributed by atoms with Crippen molar-refractivity contribution in [1.82, 2.24) is 9.88 Å². The molecule has 1 aromatic carbocycles. The van der Waals surface area contributed by atoms with Crippen LogP contribution in [-0.2, 0) is 11.8 Å². The number of rotatable bonds is 5. The van der Waals surface area contributed by atoms with Crippen molar-refractivity contribution in [2.24, 2.45) is 7.05 Å². The Labute approximate surface area is 180 Å². The largest absolute Gasteiger partial charge is 0.344 e. The number of amides is 2. The second-order valence-corrected chi connectivity index (χ2v) is 8.30. The molecule has 2 amide bonds. The summed E-state index contributed by atoms with van der Waals surface area (Å²) in [5.41, 5.74) is 0.969. The first-order valence-electron chi connectivity index (χ1n) is 10.1. The SMILES string of the molecule is Cc1c(C(=O)C(=O)NC2(C)CCCC2)c(C)n(C)c1C(=O)Nc1ccc(F)c(C#N)c1. The third-order valence-electron chi connectivity index (χ3n) is 6.05. The second kappa shape index (κ2) is 8.34. The molecule has 2 aromatic rings. The zero-order valence-corrected chi connectivity index (χ0v) is 18.1. The van der Waals surface area contributed by atoms with Crippen LogP contribution in [0.15, 0.2) is 18.2 Å². The molecule has 0 bridgehead atoms. The van der Waals surface area contributed by atoms with Crippen LogP contribution in [0.5, 0.6) is 0 Å². The fraction of sp³-hybridized carbons (Fsp3) is 0.391. The minimum Gasteiger partial charge on any atom is -0.344 e. The van der Waals surface area contributed by atoms with Gasteiger partial charge in [0.25, 0.3) is 17.6 Å². The van der Waals surface area contributed by atoms with Gasteiger partial charge in [0.1, 0.15) is 17.6 Å². The second-order valence-electron chi connectivity index (χ2n) is 8.30. The molecule has 31 heavy (non-hydrogen) atoms. The van der Waals surface area contributed by atoms with E-state index in [0.717, 1.165) is 31.7 Å². The van der Waals surface area contributed by atoms with Crippen molar-refractivity contribution in [2.45, 2.75) is 52.0 Å². The summed E-state index contributed by atoms with van der Waals surface area (Å²) in [4.78, 5) is 38.5. The van der Waals surface area contributed by atoms with Gasteiger partial charge < -0.3 is 15.2 Å². The van der Waals surface area contributed by atoms with Gasteiger partial charge in [-0.15, -0.1) is 0 Å². The third-order valence-corrected chi connectivity index (χ3v) is 6.05. The van der Waals surface area contributed by atoms with E-state index in [1.807, 2.05) is 6.92 Å². The number of carbonyl (C=O) groups excluding carboxylic acids is 3. The number of anilines is 1. The lowest BCUT2D eigenvalue weighted by Gasteiger charge is -2.24. The van der Waals surface area contributed by atoms with Crippen LogP contribution in [0.4, 0.5) is 10.1 Å². The summed E-state index contributed by atoms with van der Waals surface area (Å²) in [6.07, 6.45) is 3.68. The standard InChI is InChI=1S/C23H25FN4O3/c1-13-18(20(29)22(31)27-23(3)9-5-6-10-23)14(2)28(4)19(13)21(30)26-16-7-8-17(24)15(11-16)12-25/h7-8,11H,5-6,9-10H2,1-4H3,(H,26,30)(H,27,31). The van der Waals surface area contributed by atoms with E-state index in [1.54, 1.807) is 31.5 Å². The van der Waals surface area contributed by atoms with Crippen molar-refractivity contribution in [3.8, 4) is 6.07 Å². The lowest BCUT2D eigenvalue weighted by molar-refractivity contribution is -0.118. The van der Waals surface area contributed by atoms with Crippen LogP contribution in [0.2, 0.25) is 0 Å². The van der Waals surface area contributed by atoms with Gasteiger partial charge in [0.05, 0.1) is 11.1 Å². The Kier molecular flexibility index (Phi) is 5.98. The zero-order chi connectivity index (χ0) is 22.9. The highest BCUT2D eigenvalue weighted by Crippen LogP contribution is 2.29. The molecule has 8 heteroatoms. The topological polar surface area (TPSA) is 104 Å². The Morgan fingerprint density at radius 2 is 1.84 bits per heavy atom. The maximum atomic E-state index is 13.5. The molecule has 3 rings (SSSR count). The van der Waals surface area contributed by atoms with Gasteiger partial charge in [-0.1, -0.05) is 12.8 Å². The number of nitriles is 1. The van der Waals surface area contributed by atoms with Gasteiger partial charge in [0.15, 0.2) is 0 Å². The molecular weight excluding hydrogens is 399 g/mol. The molecule has 0 saturated heterocycles. The van der Waals surface area contributed by atoms with Crippen molar-refractivity contribution in [1.29, 1.82) is 5.26 Å². The lowest BCUT2D eigenvalue weighted by atomic mass is 9.99. The molecular formula is C23H25FN4O3. The molecule has 7 nitrogen and oxygen atoms in total. The van der Waals surface area contributed by atoms with Gasteiger partial charge in [0.2, 0.25) is 0 Å². The maximum absolute atomic E-state index is 13.5. The lowest BCUT2D eigenvalue weighted by Crippen LogP contribution is -2.46. The summed E-state index contributed by atoms with van der Waals surface area (Å²) in [6.45, 7) is 5.23. The average Bonchev–Trinajstić information content (AvgIpc) is 3.23. The predicted octanol–water partition coefficient (Wildman–Crippen LogP) is 3.54. The van der Waals surface area contributed by atoms with E-state index in [-0.39, 0.29) is 28.0 Å². The van der Waals surface area contributed by atoms with E-state index in [9.17, 15) is 18.8 Å². The van der Waals surface area contributed by atoms with Gasteiger partial charge in [-0.3, -0.25) is 14.4 Å². The van der Waals surface area contributed by atoms with E-state index >= 15 is 0 Å². The molecule has 1 fully saturated rings.